The van der Waals surface area contributed by atoms with E-state index in [0.717, 1.165) is 38.5 Å². The fourth-order valence-electron chi connectivity index (χ4n) is 2.00. The lowest BCUT2D eigenvalue weighted by molar-refractivity contribution is -0.137. The molecule has 0 unspecified atom stereocenters. The first-order valence-electron chi connectivity index (χ1n) is 7.29. The highest BCUT2D eigenvalue weighted by atomic mass is 32.2. The van der Waals surface area contributed by atoms with Crippen LogP contribution < -0.4 is 4.72 Å². The van der Waals surface area contributed by atoms with Crippen molar-refractivity contribution in [1.29, 1.82) is 0 Å². The molecule has 0 fully saturated rings. The Balaban J connectivity index is 2.08. The lowest BCUT2D eigenvalue weighted by Crippen LogP contribution is -2.24. The minimum absolute atomic E-state index is 0.233. The van der Waals surface area contributed by atoms with Crippen molar-refractivity contribution in [3.05, 3.63) is 30.3 Å². The van der Waals surface area contributed by atoms with Crippen molar-refractivity contribution in [1.82, 2.24) is 4.72 Å². The second-order valence-electron chi connectivity index (χ2n) is 4.98. The predicted octanol–water partition coefficient (Wildman–Crippen LogP) is 2.78. The van der Waals surface area contributed by atoms with Crippen molar-refractivity contribution in [3.8, 4) is 0 Å². The van der Waals surface area contributed by atoms with Gasteiger partial charge in [-0.2, -0.15) is 0 Å². The number of carboxylic acids is 1. The van der Waals surface area contributed by atoms with E-state index in [1.165, 1.54) is 0 Å². The third-order valence-electron chi connectivity index (χ3n) is 3.16. The molecule has 1 aromatic rings. The molecule has 6 heteroatoms. The van der Waals surface area contributed by atoms with Crippen LogP contribution in [-0.4, -0.2) is 26.0 Å². The van der Waals surface area contributed by atoms with Gasteiger partial charge in [-0.15, -0.1) is 0 Å². The summed E-state index contributed by atoms with van der Waals surface area (Å²) in [6.07, 6.45) is 5.62. The second kappa shape index (κ2) is 9.52. The molecule has 118 valence electrons. The van der Waals surface area contributed by atoms with Crippen molar-refractivity contribution in [2.24, 2.45) is 0 Å². The number of unbranched alkanes of at least 4 members (excludes halogenated alkanes) is 5. The van der Waals surface area contributed by atoms with E-state index in [1.54, 1.807) is 30.3 Å². The number of rotatable bonds is 11. The Labute approximate surface area is 126 Å². The molecule has 1 aromatic carbocycles. The fraction of sp³-hybridized carbons (Fsp3) is 0.533. The topological polar surface area (TPSA) is 83.5 Å². The molecule has 0 saturated carbocycles. The molecule has 0 radical (unpaired) electrons. The number of aliphatic carboxylic acids is 1. The first kappa shape index (κ1) is 17.7. The van der Waals surface area contributed by atoms with Crippen LogP contribution in [0.5, 0.6) is 0 Å². The van der Waals surface area contributed by atoms with Gasteiger partial charge in [0.25, 0.3) is 0 Å². The van der Waals surface area contributed by atoms with Gasteiger partial charge >= 0.3 is 5.97 Å². The van der Waals surface area contributed by atoms with Crippen LogP contribution in [0.25, 0.3) is 0 Å². The monoisotopic (exact) mass is 313 g/mol. The van der Waals surface area contributed by atoms with Crippen LogP contribution in [0.1, 0.15) is 44.9 Å². The Kier molecular flexibility index (Phi) is 8.00. The van der Waals surface area contributed by atoms with Gasteiger partial charge in [0.1, 0.15) is 0 Å². The van der Waals surface area contributed by atoms with Gasteiger partial charge in [0.2, 0.25) is 10.0 Å². The van der Waals surface area contributed by atoms with Crippen LogP contribution in [-0.2, 0) is 14.8 Å². The maximum atomic E-state index is 11.9. The fourth-order valence-corrected chi connectivity index (χ4v) is 3.09. The molecule has 0 amide bonds. The smallest absolute Gasteiger partial charge is 0.303 e. The molecule has 0 aromatic heterocycles. The predicted molar refractivity (Wildman–Crippen MR) is 81.6 cm³/mol. The number of hydrogen-bond acceptors (Lipinski definition) is 3. The normalized spacial score (nSPS) is 11.4. The van der Waals surface area contributed by atoms with Gasteiger partial charge in [0.15, 0.2) is 0 Å². The molecule has 0 bridgehead atoms. The van der Waals surface area contributed by atoms with Crippen molar-refractivity contribution in [3.63, 3.8) is 0 Å². The summed E-state index contributed by atoms with van der Waals surface area (Å²) in [6.45, 7) is 0.437. The molecular formula is C15H23NO4S. The SMILES string of the molecule is O=C(O)CCCCCCCCNS(=O)(=O)c1ccccc1. The molecule has 2 N–H and O–H groups in total. The highest BCUT2D eigenvalue weighted by Gasteiger charge is 2.11. The Bertz CT molecular complexity index is 514. The van der Waals surface area contributed by atoms with Crippen molar-refractivity contribution >= 4 is 16.0 Å². The van der Waals surface area contributed by atoms with Gasteiger partial charge in [0.05, 0.1) is 4.90 Å². The van der Waals surface area contributed by atoms with Crippen LogP contribution >= 0.6 is 0 Å². The number of hydrogen-bond donors (Lipinski definition) is 2. The summed E-state index contributed by atoms with van der Waals surface area (Å²) in [6, 6.07) is 8.33. The van der Waals surface area contributed by atoms with Crippen LogP contribution in [0.15, 0.2) is 35.2 Å². The molecule has 0 heterocycles. The van der Waals surface area contributed by atoms with E-state index >= 15 is 0 Å². The van der Waals surface area contributed by atoms with Gasteiger partial charge in [-0.05, 0) is 25.0 Å². The Hall–Kier alpha value is -1.40. The minimum Gasteiger partial charge on any atom is -0.481 e. The number of nitrogens with one attached hydrogen (secondary N) is 1. The first-order valence-corrected chi connectivity index (χ1v) is 8.77. The van der Waals surface area contributed by atoms with Gasteiger partial charge in [-0.25, -0.2) is 13.1 Å². The van der Waals surface area contributed by atoms with Crippen LogP contribution in [0.3, 0.4) is 0 Å². The number of sulfonamides is 1. The summed E-state index contributed by atoms with van der Waals surface area (Å²) in [7, 11) is -3.39. The highest BCUT2D eigenvalue weighted by molar-refractivity contribution is 7.89. The average molecular weight is 313 g/mol. The number of carboxylic acid groups (broad SMARTS) is 1. The van der Waals surface area contributed by atoms with Crippen molar-refractivity contribution in [2.75, 3.05) is 6.54 Å². The Morgan fingerprint density at radius 3 is 2.14 bits per heavy atom. The molecule has 0 aliphatic carbocycles. The van der Waals surface area contributed by atoms with Crippen LogP contribution in [0.4, 0.5) is 0 Å². The maximum Gasteiger partial charge on any atom is 0.303 e. The van der Waals surface area contributed by atoms with E-state index < -0.39 is 16.0 Å². The van der Waals surface area contributed by atoms with E-state index in [4.69, 9.17) is 5.11 Å². The molecule has 1 rings (SSSR count). The van der Waals surface area contributed by atoms with Gasteiger partial charge in [0, 0.05) is 13.0 Å². The van der Waals surface area contributed by atoms with Gasteiger partial charge in [-0.1, -0.05) is 43.9 Å². The zero-order valence-corrected chi connectivity index (χ0v) is 12.9. The highest BCUT2D eigenvalue weighted by Crippen LogP contribution is 2.09. The van der Waals surface area contributed by atoms with Crippen molar-refractivity contribution in [2.45, 2.75) is 49.8 Å². The zero-order chi connectivity index (χ0) is 15.6. The average Bonchev–Trinajstić information content (AvgIpc) is 2.46. The van der Waals surface area contributed by atoms with Crippen molar-refractivity contribution < 1.29 is 18.3 Å². The number of carbonyl (C=O) groups is 1. The third-order valence-corrected chi connectivity index (χ3v) is 4.64. The summed E-state index contributed by atoms with van der Waals surface area (Å²) < 4.78 is 26.4. The van der Waals surface area contributed by atoms with Crippen LogP contribution in [0, 0.1) is 0 Å². The van der Waals surface area contributed by atoms with Crippen LogP contribution in [0.2, 0.25) is 0 Å². The number of benzene rings is 1. The molecule has 0 atom stereocenters. The maximum absolute atomic E-state index is 11.9. The second-order valence-corrected chi connectivity index (χ2v) is 6.74. The standard InChI is InChI=1S/C15H23NO4S/c17-15(18)12-8-3-1-2-4-9-13-16-21(19,20)14-10-6-5-7-11-14/h5-7,10-11,16H,1-4,8-9,12-13H2,(H,17,18). The van der Waals surface area contributed by atoms with Gasteiger partial charge in [-0.3, -0.25) is 4.79 Å². The summed E-state index contributed by atoms with van der Waals surface area (Å²) in [4.78, 5) is 10.6. The lowest BCUT2D eigenvalue weighted by Gasteiger charge is -2.06. The zero-order valence-electron chi connectivity index (χ0n) is 12.1. The molecule has 0 spiro atoms. The summed E-state index contributed by atoms with van der Waals surface area (Å²) >= 11 is 0. The third kappa shape index (κ3) is 7.82. The van der Waals surface area contributed by atoms with E-state index in [0.29, 0.717) is 11.4 Å². The van der Waals surface area contributed by atoms with E-state index in [9.17, 15) is 13.2 Å². The van der Waals surface area contributed by atoms with Gasteiger partial charge < -0.3 is 5.11 Å². The van der Waals surface area contributed by atoms with E-state index in [1.807, 2.05) is 0 Å². The van der Waals surface area contributed by atoms with E-state index in [2.05, 4.69) is 4.72 Å². The quantitative estimate of drug-likeness (QED) is 0.615. The molecule has 5 nitrogen and oxygen atoms in total. The largest absolute Gasteiger partial charge is 0.481 e. The first-order chi connectivity index (χ1) is 10.0. The lowest BCUT2D eigenvalue weighted by atomic mass is 10.1. The summed E-state index contributed by atoms with van der Waals surface area (Å²) in [5.41, 5.74) is 0. The molecule has 0 aliphatic heterocycles. The molecule has 21 heavy (non-hydrogen) atoms. The molecule has 0 saturated heterocycles. The Morgan fingerprint density at radius 1 is 0.952 bits per heavy atom. The summed E-state index contributed by atoms with van der Waals surface area (Å²) in [5, 5.41) is 8.49. The molecule has 0 aliphatic rings. The van der Waals surface area contributed by atoms with E-state index in [-0.39, 0.29) is 6.42 Å². The minimum atomic E-state index is -3.39. The Morgan fingerprint density at radius 2 is 1.52 bits per heavy atom. The summed E-state index contributed by atoms with van der Waals surface area (Å²) in [5.74, 6) is -0.745. The molecular weight excluding hydrogens is 290 g/mol.